The highest BCUT2D eigenvalue weighted by molar-refractivity contribution is 9.10. The van der Waals surface area contributed by atoms with E-state index in [4.69, 9.17) is 0 Å². The van der Waals surface area contributed by atoms with Gasteiger partial charge in [0.2, 0.25) is 0 Å². The van der Waals surface area contributed by atoms with Crippen LogP contribution >= 0.6 is 15.9 Å². The Bertz CT molecular complexity index is 460. The Morgan fingerprint density at radius 1 is 1.40 bits per heavy atom. The number of nitrogens with one attached hydrogen (secondary N) is 1. The van der Waals surface area contributed by atoms with Gasteiger partial charge < -0.3 is 10.1 Å². The zero-order valence-corrected chi connectivity index (χ0v) is 12.7. The molecule has 1 fully saturated rings. The molecule has 1 unspecified atom stereocenters. The average molecular weight is 352 g/mol. The second kappa shape index (κ2) is 6.35. The first-order chi connectivity index (χ1) is 9.35. The summed E-state index contributed by atoms with van der Waals surface area (Å²) < 4.78 is 40.7. The van der Waals surface area contributed by atoms with Gasteiger partial charge in [0.05, 0.1) is 4.47 Å². The minimum atomic E-state index is -4.67. The summed E-state index contributed by atoms with van der Waals surface area (Å²) in [6.45, 7) is 2.79. The molecule has 0 heterocycles. The maximum Gasteiger partial charge on any atom is 0.573 e. The van der Waals surface area contributed by atoms with Gasteiger partial charge in [-0.05, 0) is 59.3 Å². The fourth-order valence-electron chi connectivity index (χ4n) is 2.25. The van der Waals surface area contributed by atoms with Crippen molar-refractivity contribution >= 4 is 15.9 Å². The summed E-state index contributed by atoms with van der Waals surface area (Å²) in [5.74, 6) is 0.513. The zero-order chi connectivity index (χ0) is 14.8. The number of rotatable bonds is 5. The Hall–Kier alpha value is -0.750. The van der Waals surface area contributed by atoms with Crippen LogP contribution in [0.25, 0.3) is 0 Å². The highest BCUT2D eigenvalue weighted by Crippen LogP contribution is 2.32. The van der Waals surface area contributed by atoms with Crippen molar-refractivity contribution in [3.63, 3.8) is 0 Å². The van der Waals surface area contributed by atoms with Crippen LogP contribution in [0.5, 0.6) is 5.75 Å². The number of hydrogen-bond acceptors (Lipinski definition) is 2. The molecule has 1 aromatic carbocycles. The first-order valence-electron chi connectivity index (χ1n) is 6.63. The van der Waals surface area contributed by atoms with Crippen LogP contribution in [0.15, 0.2) is 22.7 Å². The van der Waals surface area contributed by atoms with Gasteiger partial charge in [0.25, 0.3) is 0 Å². The van der Waals surface area contributed by atoms with Gasteiger partial charge in [-0.3, -0.25) is 0 Å². The van der Waals surface area contributed by atoms with E-state index in [0.717, 1.165) is 11.5 Å². The van der Waals surface area contributed by atoms with Gasteiger partial charge in [-0.1, -0.05) is 12.5 Å². The van der Waals surface area contributed by atoms with Gasteiger partial charge in [-0.25, -0.2) is 0 Å². The third kappa shape index (κ3) is 4.38. The first kappa shape index (κ1) is 15.6. The number of ether oxygens (including phenoxy) is 1. The smallest absolute Gasteiger partial charge is 0.405 e. The lowest BCUT2D eigenvalue weighted by Crippen LogP contribution is -2.36. The SMILES string of the molecule is CC(NCc1ccc(OC(F)(F)F)c(Br)c1)C1CCC1. The van der Waals surface area contributed by atoms with Crippen LogP contribution < -0.4 is 10.1 Å². The largest absolute Gasteiger partial charge is 0.573 e. The average Bonchev–Trinajstić information content (AvgIpc) is 2.26. The molecule has 0 aliphatic heterocycles. The van der Waals surface area contributed by atoms with Crippen molar-refractivity contribution < 1.29 is 17.9 Å². The molecule has 1 aromatic rings. The topological polar surface area (TPSA) is 21.3 Å². The van der Waals surface area contributed by atoms with Crippen molar-refractivity contribution in [3.05, 3.63) is 28.2 Å². The predicted octanol–water partition coefficient (Wildman–Crippen LogP) is 4.63. The summed E-state index contributed by atoms with van der Waals surface area (Å²) in [7, 11) is 0. The summed E-state index contributed by atoms with van der Waals surface area (Å²) in [5.41, 5.74) is 0.928. The molecule has 0 bridgehead atoms. The molecule has 1 saturated carbocycles. The van der Waals surface area contributed by atoms with E-state index < -0.39 is 6.36 Å². The Morgan fingerprint density at radius 3 is 2.60 bits per heavy atom. The molecule has 6 heteroatoms. The lowest BCUT2D eigenvalue weighted by atomic mass is 9.80. The Labute approximate surface area is 124 Å². The van der Waals surface area contributed by atoms with E-state index in [0.29, 0.717) is 17.1 Å². The van der Waals surface area contributed by atoms with Crippen LogP contribution in [-0.4, -0.2) is 12.4 Å². The van der Waals surface area contributed by atoms with Gasteiger partial charge in [0.15, 0.2) is 0 Å². The Morgan fingerprint density at radius 2 is 2.10 bits per heavy atom. The number of alkyl halides is 3. The Balaban J connectivity index is 1.91. The fourth-order valence-corrected chi connectivity index (χ4v) is 2.75. The lowest BCUT2D eigenvalue weighted by Gasteiger charge is -2.32. The van der Waals surface area contributed by atoms with Crippen LogP contribution in [0, 0.1) is 5.92 Å². The number of hydrogen-bond donors (Lipinski definition) is 1. The van der Waals surface area contributed by atoms with E-state index in [1.54, 1.807) is 12.1 Å². The fraction of sp³-hybridized carbons (Fsp3) is 0.571. The van der Waals surface area contributed by atoms with E-state index in [-0.39, 0.29) is 5.75 Å². The van der Waals surface area contributed by atoms with E-state index >= 15 is 0 Å². The molecule has 0 saturated heterocycles. The summed E-state index contributed by atoms with van der Waals surface area (Å²) in [6, 6.07) is 5.07. The summed E-state index contributed by atoms with van der Waals surface area (Å²) in [5, 5.41) is 3.41. The minimum Gasteiger partial charge on any atom is -0.405 e. The molecule has 1 aliphatic carbocycles. The highest BCUT2D eigenvalue weighted by Gasteiger charge is 2.32. The molecule has 1 atom stereocenters. The van der Waals surface area contributed by atoms with Crippen molar-refractivity contribution in [1.82, 2.24) is 5.32 Å². The number of halogens is 4. The maximum absolute atomic E-state index is 12.2. The van der Waals surface area contributed by atoms with Gasteiger partial charge in [-0.15, -0.1) is 13.2 Å². The molecule has 0 amide bonds. The monoisotopic (exact) mass is 351 g/mol. The second-order valence-electron chi connectivity index (χ2n) is 5.17. The van der Waals surface area contributed by atoms with Gasteiger partial charge in [0, 0.05) is 12.6 Å². The molecule has 2 nitrogen and oxygen atoms in total. The highest BCUT2D eigenvalue weighted by atomic mass is 79.9. The molecule has 0 spiro atoms. The van der Waals surface area contributed by atoms with Crippen molar-refractivity contribution in [2.24, 2.45) is 5.92 Å². The van der Waals surface area contributed by atoms with E-state index in [9.17, 15) is 13.2 Å². The van der Waals surface area contributed by atoms with E-state index in [2.05, 4.69) is 32.9 Å². The molecule has 1 aliphatic rings. The molecular formula is C14H17BrF3NO. The molecule has 2 rings (SSSR count). The van der Waals surface area contributed by atoms with Gasteiger partial charge >= 0.3 is 6.36 Å². The molecule has 112 valence electrons. The third-order valence-electron chi connectivity index (χ3n) is 3.71. The van der Waals surface area contributed by atoms with Crippen molar-refractivity contribution in [3.8, 4) is 5.75 Å². The first-order valence-corrected chi connectivity index (χ1v) is 7.42. The van der Waals surface area contributed by atoms with E-state index in [1.165, 1.54) is 25.3 Å². The van der Waals surface area contributed by atoms with Gasteiger partial charge in [0.1, 0.15) is 5.75 Å². The van der Waals surface area contributed by atoms with E-state index in [1.807, 2.05) is 0 Å². The van der Waals surface area contributed by atoms with Crippen molar-refractivity contribution in [1.29, 1.82) is 0 Å². The van der Waals surface area contributed by atoms with Crippen LogP contribution in [-0.2, 0) is 6.54 Å². The standard InChI is InChI=1S/C14H17BrF3NO/c1-9(11-3-2-4-11)19-8-10-5-6-13(12(15)7-10)20-14(16,17)18/h5-7,9,11,19H,2-4,8H2,1H3. The summed E-state index contributed by atoms with van der Waals surface area (Å²) in [4.78, 5) is 0. The van der Waals surface area contributed by atoms with Crippen LogP contribution in [0.1, 0.15) is 31.7 Å². The molecule has 20 heavy (non-hydrogen) atoms. The Kier molecular flexibility index (Phi) is 4.96. The number of benzene rings is 1. The van der Waals surface area contributed by atoms with Crippen LogP contribution in [0.4, 0.5) is 13.2 Å². The summed E-state index contributed by atoms with van der Waals surface area (Å²) in [6.07, 6.45) is -0.848. The molecule has 0 radical (unpaired) electrons. The third-order valence-corrected chi connectivity index (χ3v) is 4.33. The van der Waals surface area contributed by atoms with Crippen molar-refractivity contribution in [2.45, 2.75) is 45.1 Å². The molecule has 0 aromatic heterocycles. The lowest BCUT2D eigenvalue weighted by molar-refractivity contribution is -0.274. The molecule has 1 N–H and O–H groups in total. The van der Waals surface area contributed by atoms with Crippen LogP contribution in [0.2, 0.25) is 0 Å². The quantitative estimate of drug-likeness (QED) is 0.835. The van der Waals surface area contributed by atoms with Crippen LogP contribution in [0.3, 0.4) is 0 Å². The molecular weight excluding hydrogens is 335 g/mol. The second-order valence-corrected chi connectivity index (χ2v) is 6.03. The summed E-state index contributed by atoms with van der Waals surface area (Å²) >= 11 is 3.11. The van der Waals surface area contributed by atoms with Crippen molar-refractivity contribution in [2.75, 3.05) is 0 Å². The normalized spacial score (nSPS) is 17.6. The zero-order valence-electron chi connectivity index (χ0n) is 11.1. The van der Waals surface area contributed by atoms with Gasteiger partial charge in [-0.2, -0.15) is 0 Å². The minimum absolute atomic E-state index is 0.215. The predicted molar refractivity (Wildman–Crippen MR) is 74.5 cm³/mol. The maximum atomic E-state index is 12.2.